The molecule has 0 aliphatic carbocycles. The van der Waals surface area contributed by atoms with E-state index in [1.165, 1.54) is 6.42 Å². The predicted octanol–water partition coefficient (Wildman–Crippen LogP) is 1.26. The molecule has 1 saturated heterocycles. The van der Waals surface area contributed by atoms with Crippen LogP contribution in [0, 0.1) is 0 Å². The van der Waals surface area contributed by atoms with Gasteiger partial charge in [0.25, 0.3) is 0 Å². The van der Waals surface area contributed by atoms with Crippen molar-refractivity contribution in [2.45, 2.75) is 25.3 Å². The third kappa shape index (κ3) is 6.03. The summed E-state index contributed by atoms with van der Waals surface area (Å²) in [5.41, 5.74) is 0. The molecule has 1 unspecified atom stereocenters. The van der Waals surface area contributed by atoms with Gasteiger partial charge in [-0.25, -0.2) is 0 Å². The average Bonchev–Trinajstić information content (AvgIpc) is 2.82. The Hall–Kier alpha value is -1.59. The summed E-state index contributed by atoms with van der Waals surface area (Å²) in [5, 5.41) is 6.32. The fourth-order valence-corrected chi connectivity index (χ4v) is 2.73. The lowest BCUT2D eigenvalue weighted by Gasteiger charge is -2.26. The number of carbonyl (C=O) groups excluding carboxylic acids is 1. The molecule has 1 fully saturated rings. The van der Waals surface area contributed by atoms with Crippen molar-refractivity contribution in [1.82, 2.24) is 15.5 Å². The standard InChI is InChI=1S/C17H27N3O2/c1-20(15-6-5-10-18-11-9-15)14-17(21)19-12-13-22-16-7-3-2-4-8-16/h2-4,7-8,15,18H,5-6,9-14H2,1H3,(H,19,21). The molecule has 2 rings (SSSR count). The van der Waals surface area contributed by atoms with Crippen molar-refractivity contribution < 1.29 is 9.53 Å². The summed E-state index contributed by atoms with van der Waals surface area (Å²) in [4.78, 5) is 14.1. The zero-order valence-electron chi connectivity index (χ0n) is 13.4. The molecule has 1 aromatic rings. The van der Waals surface area contributed by atoms with Gasteiger partial charge in [0, 0.05) is 6.04 Å². The summed E-state index contributed by atoms with van der Waals surface area (Å²) in [6, 6.07) is 10.1. The van der Waals surface area contributed by atoms with Crippen LogP contribution >= 0.6 is 0 Å². The third-order valence-electron chi connectivity index (χ3n) is 4.00. The summed E-state index contributed by atoms with van der Waals surface area (Å²) >= 11 is 0. The van der Waals surface area contributed by atoms with E-state index in [1.54, 1.807) is 0 Å². The molecule has 0 radical (unpaired) electrons. The van der Waals surface area contributed by atoms with E-state index in [9.17, 15) is 4.79 Å². The van der Waals surface area contributed by atoms with Crippen LogP contribution in [0.15, 0.2) is 30.3 Å². The normalized spacial score (nSPS) is 18.7. The van der Waals surface area contributed by atoms with E-state index in [1.807, 2.05) is 37.4 Å². The number of para-hydroxylation sites is 1. The van der Waals surface area contributed by atoms with Crippen LogP contribution in [0.1, 0.15) is 19.3 Å². The molecule has 1 heterocycles. The fourth-order valence-electron chi connectivity index (χ4n) is 2.73. The molecule has 0 saturated carbocycles. The van der Waals surface area contributed by atoms with Gasteiger partial charge >= 0.3 is 0 Å². The number of hydrogen-bond acceptors (Lipinski definition) is 4. The average molecular weight is 305 g/mol. The van der Waals surface area contributed by atoms with Crippen LogP contribution in [0.5, 0.6) is 5.75 Å². The van der Waals surface area contributed by atoms with E-state index in [-0.39, 0.29) is 5.91 Å². The molecule has 122 valence electrons. The van der Waals surface area contributed by atoms with E-state index < -0.39 is 0 Å². The Morgan fingerprint density at radius 1 is 1.32 bits per heavy atom. The van der Waals surface area contributed by atoms with Crippen molar-refractivity contribution in [1.29, 1.82) is 0 Å². The number of hydrogen-bond donors (Lipinski definition) is 2. The van der Waals surface area contributed by atoms with E-state index in [4.69, 9.17) is 4.74 Å². The van der Waals surface area contributed by atoms with Crippen molar-refractivity contribution in [3.8, 4) is 5.75 Å². The molecule has 5 nitrogen and oxygen atoms in total. The Labute approximate surface area is 133 Å². The van der Waals surface area contributed by atoms with E-state index in [2.05, 4.69) is 15.5 Å². The maximum absolute atomic E-state index is 12.0. The molecular weight excluding hydrogens is 278 g/mol. The van der Waals surface area contributed by atoms with Crippen LogP contribution in [0.4, 0.5) is 0 Å². The lowest BCUT2D eigenvalue weighted by atomic mass is 10.1. The third-order valence-corrected chi connectivity index (χ3v) is 4.00. The molecule has 0 bridgehead atoms. The Kier molecular flexibility index (Phi) is 7.19. The number of ether oxygens (including phenoxy) is 1. The zero-order chi connectivity index (χ0) is 15.6. The van der Waals surface area contributed by atoms with Gasteiger partial charge in [-0.05, 0) is 51.5 Å². The van der Waals surface area contributed by atoms with Crippen molar-refractivity contribution in [3.05, 3.63) is 30.3 Å². The van der Waals surface area contributed by atoms with Gasteiger partial charge in [-0.15, -0.1) is 0 Å². The highest BCUT2D eigenvalue weighted by molar-refractivity contribution is 5.77. The molecule has 2 N–H and O–H groups in total. The Bertz CT molecular complexity index is 431. The number of amides is 1. The number of nitrogens with one attached hydrogen (secondary N) is 2. The van der Waals surface area contributed by atoms with Crippen molar-refractivity contribution >= 4 is 5.91 Å². The Morgan fingerprint density at radius 2 is 2.14 bits per heavy atom. The highest BCUT2D eigenvalue weighted by atomic mass is 16.5. The first kappa shape index (κ1) is 16.8. The lowest BCUT2D eigenvalue weighted by Crippen LogP contribution is -2.41. The molecular formula is C17H27N3O2. The van der Waals surface area contributed by atoms with Gasteiger partial charge in [0.15, 0.2) is 0 Å². The van der Waals surface area contributed by atoms with Gasteiger partial charge in [0.1, 0.15) is 12.4 Å². The van der Waals surface area contributed by atoms with Crippen LogP contribution in [-0.2, 0) is 4.79 Å². The Morgan fingerprint density at radius 3 is 2.95 bits per heavy atom. The summed E-state index contributed by atoms with van der Waals surface area (Å²) < 4.78 is 5.56. The maximum Gasteiger partial charge on any atom is 0.234 e. The van der Waals surface area contributed by atoms with Gasteiger partial charge in [-0.1, -0.05) is 18.2 Å². The Balaban J connectivity index is 1.60. The van der Waals surface area contributed by atoms with Crippen LogP contribution in [0.2, 0.25) is 0 Å². The summed E-state index contributed by atoms with van der Waals surface area (Å²) in [5.74, 6) is 0.899. The van der Waals surface area contributed by atoms with Crippen LogP contribution < -0.4 is 15.4 Å². The summed E-state index contributed by atoms with van der Waals surface area (Å²) in [7, 11) is 2.04. The topological polar surface area (TPSA) is 53.6 Å². The zero-order valence-corrected chi connectivity index (χ0v) is 13.4. The second kappa shape index (κ2) is 9.43. The number of benzene rings is 1. The quantitative estimate of drug-likeness (QED) is 0.745. The number of carbonyl (C=O) groups is 1. The highest BCUT2D eigenvalue weighted by Gasteiger charge is 2.18. The SMILES string of the molecule is CN(CC(=O)NCCOc1ccccc1)C1CCCNCC1. The minimum atomic E-state index is 0.0661. The smallest absolute Gasteiger partial charge is 0.234 e. The van der Waals surface area contributed by atoms with Gasteiger partial charge in [-0.2, -0.15) is 0 Å². The molecule has 0 spiro atoms. The van der Waals surface area contributed by atoms with Gasteiger partial charge < -0.3 is 15.4 Å². The number of rotatable bonds is 7. The molecule has 5 heteroatoms. The highest BCUT2D eigenvalue weighted by Crippen LogP contribution is 2.11. The van der Waals surface area contributed by atoms with Gasteiger partial charge in [0.05, 0.1) is 13.1 Å². The maximum atomic E-state index is 12.0. The van der Waals surface area contributed by atoms with Crippen molar-refractivity contribution in [3.63, 3.8) is 0 Å². The first-order chi connectivity index (χ1) is 10.8. The lowest BCUT2D eigenvalue weighted by molar-refractivity contribution is -0.122. The molecule has 1 aliphatic rings. The van der Waals surface area contributed by atoms with Crippen LogP contribution in [-0.4, -0.2) is 56.7 Å². The first-order valence-electron chi connectivity index (χ1n) is 8.11. The molecule has 1 aromatic carbocycles. The van der Waals surface area contributed by atoms with E-state index >= 15 is 0 Å². The van der Waals surface area contributed by atoms with Crippen LogP contribution in [0.25, 0.3) is 0 Å². The second-order valence-electron chi connectivity index (χ2n) is 5.76. The second-order valence-corrected chi connectivity index (χ2v) is 5.76. The molecule has 0 aromatic heterocycles. The van der Waals surface area contributed by atoms with E-state index in [0.717, 1.165) is 31.7 Å². The molecule has 22 heavy (non-hydrogen) atoms. The molecule has 1 atom stereocenters. The van der Waals surface area contributed by atoms with Crippen molar-refractivity contribution in [2.24, 2.45) is 0 Å². The summed E-state index contributed by atoms with van der Waals surface area (Å²) in [6.07, 6.45) is 3.45. The fraction of sp³-hybridized carbons (Fsp3) is 0.588. The molecule has 1 amide bonds. The van der Waals surface area contributed by atoms with E-state index in [0.29, 0.717) is 25.7 Å². The first-order valence-corrected chi connectivity index (χ1v) is 8.11. The van der Waals surface area contributed by atoms with Gasteiger partial charge in [0.2, 0.25) is 5.91 Å². The van der Waals surface area contributed by atoms with Crippen molar-refractivity contribution in [2.75, 3.05) is 39.8 Å². The number of nitrogens with zero attached hydrogens (tertiary/aromatic N) is 1. The largest absolute Gasteiger partial charge is 0.492 e. The van der Waals surface area contributed by atoms with Crippen LogP contribution in [0.3, 0.4) is 0 Å². The predicted molar refractivity (Wildman–Crippen MR) is 88.1 cm³/mol. The summed E-state index contributed by atoms with van der Waals surface area (Å²) in [6.45, 7) is 3.62. The minimum Gasteiger partial charge on any atom is -0.492 e. The number of likely N-dealkylation sites (N-methyl/N-ethyl adjacent to an activating group) is 1. The minimum absolute atomic E-state index is 0.0661. The molecule has 1 aliphatic heterocycles. The monoisotopic (exact) mass is 305 g/mol. The van der Waals surface area contributed by atoms with Gasteiger partial charge in [-0.3, -0.25) is 9.69 Å².